The summed E-state index contributed by atoms with van der Waals surface area (Å²) in [6, 6.07) is 15.5. The topological polar surface area (TPSA) is 35.5 Å². The van der Waals surface area contributed by atoms with Gasteiger partial charge in [0.05, 0.1) is 14.2 Å². The van der Waals surface area contributed by atoms with Crippen LogP contribution in [-0.2, 0) is 17.6 Å². The zero-order chi connectivity index (χ0) is 15.1. The van der Waals surface area contributed by atoms with Gasteiger partial charge in [-0.3, -0.25) is 4.79 Å². The third-order valence-corrected chi connectivity index (χ3v) is 3.39. The van der Waals surface area contributed by atoms with Crippen molar-refractivity contribution in [3.8, 4) is 11.5 Å². The average molecular weight is 284 g/mol. The molecule has 0 saturated carbocycles. The molecule has 0 aliphatic heterocycles. The first-order valence-electron chi connectivity index (χ1n) is 6.99. The first-order chi connectivity index (χ1) is 10.2. The monoisotopic (exact) mass is 284 g/mol. The predicted molar refractivity (Wildman–Crippen MR) is 83.0 cm³/mol. The summed E-state index contributed by atoms with van der Waals surface area (Å²) in [5.41, 5.74) is 2.14. The highest BCUT2D eigenvalue weighted by molar-refractivity contribution is 5.81. The normalized spacial score (nSPS) is 10.2. The fraction of sp³-hybridized carbons (Fsp3) is 0.278. The van der Waals surface area contributed by atoms with E-state index in [4.69, 9.17) is 9.47 Å². The van der Waals surface area contributed by atoms with Crippen LogP contribution in [0, 0.1) is 0 Å². The maximum absolute atomic E-state index is 12.0. The summed E-state index contributed by atoms with van der Waals surface area (Å²) in [5, 5.41) is 0. The zero-order valence-corrected chi connectivity index (χ0v) is 12.5. The van der Waals surface area contributed by atoms with Gasteiger partial charge in [0.15, 0.2) is 0 Å². The second-order valence-corrected chi connectivity index (χ2v) is 4.92. The molecule has 0 N–H and O–H groups in total. The fourth-order valence-corrected chi connectivity index (χ4v) is 2.17. The summed E-state index contributed by atoms with van der Waals surface area (Å²) >= 11 is 0. The van der Waals surface area contributed by atoms with E-state index in [-0.39, 0.29) is 5.78 Å². The van der Waals surface area contributed by atoms with Gasteiger partial charge in [0, 0.05) is 12.8 Å². The number of methoxy groups -OCH3 is 2. The first kappa shape index (κ1) is 15.1. The van der Waals surface area contributed by atoms with Gasteiger partial charge in [0.25, 0.3) is 0 Å². The van der Waals surface area contributed by atoms with Crippen LogP contribution in [0.4, 0.5) is 0 Å². The highest BCUT2D eigenvalue weighted by atomic mass is 16.5. The Kier molecular flexibility index (Phi) is 5.38. The lowest BCUT2D eigenvalue weighted by atomic mass is 10.0. The van der Waals surface area contributed by atoms with E-state index in [0.29, 0.717) is 12.8 Å². The van der Waals surface area contributed by atoms with Gasteiger partial charge < -0.3 is 9.47 Å². The number of carbonyl (C=O) groups is 1. The average Bonchev–Trinajstić information content (AvgIpc) is 2.54. The van der Waals surface area contributed by atoms with Gasteiger partial charge in [0.2, 0.25) is 0 Å². The van der Waals surface area contributed by atoms with Crippen molar-refractivity contribution in [3.63, 3.8) is 0 Å². The van der Waals surface area contributed by atoms with Crippen LogP contribution >= 0.6 is 0 Å². The molecule has 0 unspecified atom stereocenters. The summed E-state index contributed by atoms with van der Waals surface area (Å²) < 4.78 is 10.3. The number of ketones is 1. The molecule has 0 radical (unpaired) electrons. The second kappa shape index (κ2) is 7.48. The molecule has 0 spiro atoms. The molecular weight excluding hydrogens is 264 g/mol. The summed E-state index contributed by atoms with van der Waals surface area (Å²) in [6.45, 7) is 0. The van der Waals surface area contributed by atoms with Crippen molar-refractivity contribution >= 4 is 5.78 Å². The van der Waals surface area contributed by atoms with Crippen LogP contribution in [0.3, 0.4) is 0 Å². The number of carbonyl (C=O) groups excluding carboxylic acids is 1. The third kappa shape index (κ3) is 4.63. The van der Waals surface area contributed by atoms with Gasteiger partial charge >= 0.3 is 0 Å². The van der Waals surface area contributed by atoms with Gasteiger partial charge in [-0.1, -0.05) is 24.3 Å². The highest BCUT2D eigenvalue weighted by Crippen LogP contribution is 2.15. The third-order valence-electron chi connectivity index (χ3n) is 3.39. The predicted octanol–water partition coefficient (Wildman–Crippen LogP) is 3.45. The lowest BCUT2D eigenvalue weighted by molar-refractivity contribution is -0.118. The van der Waals surface area contributed by atoms with E-state index in [1.165, 1.54) is 0 Å². The van der Waals surface area contributed by atoms with Crippen LogP contribution < -0.4 is 9.47 Å². The van der Waals surface area contributed by atoms with E-state index in [1.807, 2.05) is 48.5 Å². The SMILES string of the molecule is COc1ccc(CC(=O)CCc2cccc(OC)c2)cc1. The molecule has 0 bridgehead atoms. The van der Waals surface area contributed by atoms with Crippen molar-refractivity contribution in [2.45, 2.75) is 19.3 Å². The molecule has 0 aliphatic rings. The standard InChI is InChI=1S/C18H20O3/c1-20-17-10-7-15(8-11-17)12-16(19)9-6-14-4-3-5-18(13-14)21-2/h3-5,7-8,10-11,13H,6,9,12H2,1-2H3. The van der Waals surface area contributed by atoms with Crippen LogP contribution in [-0.4, -0.2) is 20.0 Å². The van der Waals surface area contributed by atoms with E-state index < -0.39 is 0 Å². The van der Waals surface area contributed by atoms with Crippen LogP contribution in [0.5, 0.6) is 11.5 Å². The number of rotatable bonds is 7. The highest BCUT2D eigenvalue weighted by Gasteiger charge is 2.05. The van der Waals surface area contributed by atoms with Gasteiger partial charge in [-0.25, -0.2) is 0 Å². The van der Waals surface area contributed by atoms with E-state index in [9.17, 15) is 4.79 Å². The van der Waals surface area contributed by atoms with Gasteiger partial charge in [-0.15, -0.1) is 0 Å². The van der Waals surface area contributed by atoms with Crippen molar-refractivity contribution in [3.05, 3.63) is 59.7 Å². The molecule has 2 rings (SSSR count). The van der Waals surface area contributed by atoms with E-state index in [0.717, 1.165) is 29.0 Å². The minimum absolute atomic E-state index is 0.239. The van der Waals surface area contributed by atoms with Crippen LogP contribution in [0.2, 0.25) is 0 Å². The maximum atomic E-state index is 12.0. The smallest absolute Gasteiger partial charge is 0.137 e. The Balaban J connectivity index is 1.86. The lowest BCUT2D eigenvalue weighted by Gasteiger charge is -2.05. The number of Topliss-reactive ketones (excluding diaryl/α,β-unsaturated/α-hetero) is 1. The number of hydrogen-bond donors (Lipinski definition) is 0. The van der Waals surface area contributed by atoms with Gasteiger partial charge in [-0.2, -0.15) is 0 Å². The number of ether oxygens (including phenoxy) is 2. The minimum atomic E-state index is 0.239. The van der Waals surface area contributed by atoms with Crippen molar-refractivity contribution in [2.24, 2.45) is 0 Å². The molecule has 2 aromatic carbocycles. The van der Waals surface area contributed by atoms with Crippen molar-refractivity contribution < 1.29 is 14.3 Å². The number of aryl methyl sites for hydroxylation is 1. The Labute approximate surface area is 125 Å². The van der Waals surface area contributed by atoms with Gasteiger partial charge in [-0.05, 0) is 41.8 Å². The molecule has 0 heterocycles. The van der Waals surface area contributed by atoms with Crippen LogP contribution in [0.15, 0.2) is 48.5 Å². The summed E-state index contributed by atoms with van der Waals surface area (Å²) in [7, 11) is 3.28. The maximum Gasteiger partial charge on any atom is 0.137 e. The van der Waals surface area contributed by atoms with Gasteiger partial charge in [0.1, 0.15) is 17.3 Å². The van der Waals surface area contributed by atoms with Crippen molar-refractivity contribution in [2.75, 3.05) is 14.2 Å². The first-order valence-corrected chi connectivity index (χ1v) is 6.99. The number of benzene rings is 2. The molecule has 2 aromatic rings. The molecule has 0 aliphatic carbocycles. The van der Waals surface area contributed by atoms with E-state index in [2.05, 4.69) is 0 Å². The Hall–Kier alpha value is -2.29. The van der Waals surface area contributed by atoms with E-state index in [1.54, 1.807) is 14.2 Å². The summed E-state index contributed by atoms with van der Waals surface area (Å²) in [5.74, 6) is 1.88. The largest absolute Gasteiger partial charge is 0.497 e. The second-order valence-electron chi connectivity index (χ2n) is 4.92. The van der Waals surface area contributed by atoms with Crippen LogP contribution in [0.25, 0.3) is 0 Å². The summed E-state index contributed by atoms with van der Waals surface area (Å²) in [6.07, 6.45) is 1.75. The molecule has 0 fully saturated rings. The molecular formula is C18H20O3. The molecule has 0 atom stereocenters. The Morgan fingerprint density at radius 2 is 1.62 bits per heavy atom. The van der Waals surface area contributed by atoms with Crippen molar-refractivity contribution in [1.29, 1.82) is 0 Å². The summed E-state index contributed by atoms with van der Waals surface area (Å²) in [4.78, 5) is 12.0. The molecule has 3 heteroatoms. The minimum Gasteiger partial charge on any atom is -0.497 e. The molecule has 110 valence electrons. The fourth-order valence-electron chi connectivity index (χ4n) is 2.17. The van der Waals surface area contributed by atoms with Crippen molar-refractivity contribution in [1.82, 2.24) is 0 Å². The molecule has 3 nitrogen and oxygen atoms in total. The molecule has 0 saturated heterocycles. The Morgan fingerprint density at radius 3 is 2.29 bits per heavy atom. The molecule has 0 aromatic heterocycles. The lowest BCUT2D eigenvalue weighted by Crippen LogP contribution is -2.04. The molecule has 0 amide bonds. The Morgan fingerprint density at radius 1 is 0.905 bits per heavy atom. The number of hydrogen-bond acceptors (Lipinski definition) is 3. The van der Waals surface area contributed by atoms with Crippen LogP contribution in [0.1, 0.15) is 17.5 Å². The Bertz CT molecular complexity index is 588. The quantitative estimate of drug-likeness (QED) is 0.781. The molecule has 21 heavy (non-hydrogen) atoms. The zero-order valence-electron chi connectivity index (χ0n) is 12.5. The van der Waals surface area contributed by atoms with E-state index >= 15 is 0 Å².